The van der Waals surface area contributed by atoms with Crippen LogP contribution >= 0.6 is 0 Å². The molecule has 0 aliphatic heterocycles. The van der Waals surface area contributed by atoms with Crippen molar-refractivity contribution in [2.75, 3.05) is 7.05 Å². The molecule has 96 valence electrons. The molecule has 17 heavy (non-hydrogen) atoms. The molecule has 1 aromatic heterocycles. The zero-order chi connectivity index (χ0) is 12.9. The number of carbonyl (C=O) groups excluding carboxylic acids is 1. The first-order valence-electron chi connectivity index (χ1n) is 6.07. The summed E-state index contributed by atoms with van der Waals surface area (Å²) in [6.07, 6.45) is 4.86. The van der Waals surface area contributed by atoms with Gasteiger partial charge in [0.2, 0.25) is 5.91 Å². The average molecular weight is 237 g/mol. The lowest BCUT2D eigenvalue weighted by Gasteiger charge is -2.24. The van der Waals surface area contributed by atoms with Gasteiger partial charge >= 0.3 is 0 Å². The van der Waals surface area contributed by atoms with Crippen LogP contribution in [0.5, 0.6) is 0 Å². The molecule has 0 unspecified atom stereocenters. The molecule has 1 amide bonds. The van der Waals surface area contributed by atoms with E-state index < -0.39 is 0 Å². The molecule has 0 fully saturated rings. The SMILES string of the molecule is CCC(C)(C)NC(=O)Cn1ccc(CNC)c1. The van der Waals surface area contributed by atoms with Crippen LogP contribution in [0.2, 0.25) is 0 Å². The second-order valence-corrected chi connectivity index (χ2v) is 5.01. The lowest BCUT2D eigenvalue weighted by atomic mass is 10.0. The summed E-state index contributed by atoms with van der Waals surface area (Å²) >= 11 is 0. The highest BCUT2D eigenvalue weighted by Crippen LogP contribution is 2.07. The summed E-state index contributed by atoms with van der Waals surface area (Å²) in [7, 11) is 1.91. The monoisotopic (exact) mass is 237 g/mol. The third kappa shape index (κ3) is 4.61. The fourth-order valence-corrected chi connectivity index (χ4v) is 1.57. The third-order valence-corrected chi connectivity index (χ3v) is 2.88. The van der Waals surface area contributed by atoms with E-state index in [0.717, 1.165) is 13.0 Å². The summed E-state index contributed by atoms with van der Waals surface area (Å²) in [5.41, 5.74) is 1.06. The Morgan fingerprint density at radius 1 is 1.47 bits per heavy atom. The number of hydrogen-bond donors (Lipinski definition) is 2. The van der Waals surface area contributed by atoms with Crippen molar-refractivity contribution in [1.82, 2.24) is 15.2 Å². The molecule has 0 saturated carbocycles. The fourth-order valence-electron chi connectivity index (χ4n) is 1.57. The van der Waals surface area contributed by atoms with Crippen LogP contribution < -0.4 is 10.6 Å². The van der Waals surface area contributed by atoms with Crippen molar-refractivity contribution < 1.29 is 4.79 Å². The minimum Gasteiger partial charge on any atom is -0.350 e. The van der Waals surface area contributed by atoms with Gasteiger partial charge in [0.15, 0.2) is 0 Å². The second kappa shape index (κ2) is 5.87. The van der Waals surface area contributed by atoms with E-state index in [9.17, 15) is 4.79 Å². The van der Waals surface area contributed by atoms with Crippen molar-refractivity contribution in [3.05, 3.63) is 24.0 Å². The Kier molecular flexibility index (Phi) is 4.75. The van der Waals surface area contributed by atoms with Gasteiger partial charge in [-0.2, -0.15) is 0 Å². The van der Waals surface area contributed by atoms with E-state index in [4.69, 9.17) is 0 Å². The summed E-state index contributed by atoms with van der Waals surface area (Å²) in [6.45, 7) is 7.35. The van der Waals surface area contributed by atoms with Crippen LogP contribution in [-0.2, 0) is 17.9 Å². The number of hydrogen-bond acceptors (Lipinski definition) is 2. The van der Waals surface area contributed by atoms with Gasteiger partial charge in [-0.05, 0) is 38.9 Å². The van der Waals surface area contributed by atoms with Crippen LogP contribution in [0.4, 0.5) is 0 Å². The smallest absolute Gasteiger partial charge is 0.240 e. The average Bonchev–Trinajstić information content (AvgIpc) is 2.65. The minimum atomic E-state index is -0.127. The van der Waals surface area contributed by atoms with E-state index in [1.54, 1.807) is 0 Å². The first-order chi connectivity index (χ1) is 7.96. The van der Waals surface area contributed by atoms with E-state index in [2.05, 4.69) is 17.6 Å². The molecule has 1 rings (SSSR count). The summed E-state index contributed by atoms with van der Waals surface area (Å²) in [6, 6.07) is 2.02. The largest absolute Gasteiger partial charge is 0.350 e. The van der Waals surface area contributed by atoms with Gasteiger partial charge in [0.1, 0.15) is 6.54 Å². The minimum absolute atomic E-state index is 0.0588. The van der Waals surface area contributed by atoms with E-state index in [0.29, 0.717) is 6.54 Å². The Bertz CT molecular complexity index is 368. The first kappa shape index (κ1) is 13.8. The normalized spacial score (nSPS) is 11.5. The van der Waals surface area contributed by atoms with Crippen LogP contribution in [0.15, 0.2) is 18.5 Å². The Labute approximate surface area is 103 Å². The van der Waals surface area contributed by atoms with E-state index in [1.807, 2.05) is 43.9 Å². The Morgan fingerprint density at radius 3 is 2.76 bits per heavy atom. The van der Waals surface area contributed by atoms with Gasteiger partial charge < -0.3 is 15.2 Å². The van der Waals surface area contributed by atoms with E-state index in [1.165, 1.54) is 5.56 Å². The van der Waals surface area contributed by atoms with Crippen LogP contribution in [0.25, 0.3) is 0 Å². The molecule has 0 aromatic carbocycles. The molecule has 0 radical (unpaired) electrons. The first-order valence-corrected chi connectivity index (χ1v) is 6.07. The maximum atomic E-state index is 11.8. The van der Waals surface area contributed by atoms with Gasteiger partial charge in [-0.25, -0.2) is 0 Å². The Hall–Kier alpha value is -1.29. The van der Waals surface area contributed by atoms with Gasteiger partial charge in [-0.15, -0.1) is 0 Å². The lowest BCUT2D eigenvalue weighted by Crippen LogP contribution is -2.44. The van der Waals surface area contributed by atoms with Crippen molar-refractivity contribution in [3.8, 4) is 0 Å². The summed E-state index contributed by atoms with van der Waals surface area (Å²) in [5, 5.41) is 6.10. The lowest BCUT2D eigenvalue weighted by molar-refractivity contribution is -0.123. The highest BCUT2D eigenvalue weighted by atomic mass is 16.2. The molecule has 4 heteroatoms. The van der Waals surface area contributed by atoms with Gasteiger partial charge in [-0.1, -0.05) is 6.92 Å². The molecular weight excluding hydrogens is 214 g/mol. The van der Waals surface area contributed by atoms with Crippen LogP contribution in [-0.4, -0.2) is 23.1 Å². The zero-order valence-electron chi connectivity index (χ0n) is 11.2. The second-order valence-electron chi connectivity index (χ2n) is 5.01. The molecule has 1 aromatic rings. The van der Waals surface area contributed by atoms with Crippen molar-refractivity contribution in [3.63, 3.8) is 0 Å². The molecule has 2 N–H and O–H groups in total. The summed E-state index contributed by atoms with van der Waals surface area (Å²) < 4.78 is 1.91. The molecule has 0 aliphatic rings. The predicted molar refractivity (Wildman–Crippen MR) is 69.7 cm³/mol. The molecule has 0 atom stereocenters. The van der Waals surface area contributed by atoms with Gasteiger partial charge in [0.25, 0.3) is 0 Å². The number of amides is 1. The molecule has 1 heterocycles. The molecule has 0 spiro atoms. The quantitative estimate of drug-likeness (QED) is 0.788. The van der Waals surface area contributed by atoms with E-state index in [-0.39, 0.29) is 11.4 Å². The van der Waals surface area contributed by atoms with E-state index >= 15 is 0 Å². The van der Waals surface area contributed by atoms with Gasteiger partial charge in [-0.3, -0.25) is 4.79 Å². The van der Waals surface area contributed by atoms with Crippen molar-refractivity contribution in [2.45, 2.75) is 45.8 Å². The number of rotatable bonds is 6. The fraction of sp³-hybridized carbons (Fsp3) is 0.615. The number of carbonyl (C=O) groups is 1. The van der Waals surface area contributed by atoms with Gasteiger partial charge in [0.05, 0.1) is 0 Å². The maximum Gasteiger partial charge on any atom is 0.240 e. The van der Waals surface area contributed by atoms with Crippen molar-refractivity contribution in [2.24, 2.45) is 0 Å². The molecule has 4 nitrogen and oxygen atoms in total. The Balaban J connectivity index is 2.50. The Morgan fingerprint density at radius 2 is 2.18 bits per heavy atom. The topological polar surface area (TPSA) is 46.1 Å². The maximum absolute atomic E-state index is 11.8. The molecule has 0 aliphatic carbocycles. The van der Waals surface area contributed by atoms with Crippen molar-refractivity contribution >= 4 is 5.91 Å². The highest BCUT2D eigenvalue weighted by molar-refractivity contribution is 5.76. The molecule has 0 saturated heterocycles. The molecule has 0 bridgehead atoms. The van der Waals surface area contributed by atoms with Crippen LogP contribution in [0, 0.1) is 0 Å². The van der Waals surface area contributed by atoms with Crippen molar-refractivity contribution in [1.29, 1.82) is 0 Å². The highest BCUT2D eigenvalue weighted by Gasteiger charge is 2.17. The molecular formula is C13H23N3O. The standard InChI is InChI=1S/C13H23N3O/c1-5-13(2,3)15-12(17)10-16-7-6-11(9-16)8-14-4/h6-7,9,14H,5,8,10H2,1-4H3,(H,15,17). The summed E-state index contributed by atoms with van der Waals surface area (Å²) in [4.78, 5) is 11.8. The van der Waals surface area contributed by atoms with Gasteiger partial charge in [0, 0.05) is 24.5 Å². The number of aromatic nitrogens is 1. The zero-order valence-corrected chi connectivity index (χ0v) is 11.2. The predicted octanol–water partition coefficient (Wildman–Crippen LogP) is 1.51. The van der Waals surface area contributed by atoms with Crippen LogP contribution in [0.3, 0.4) is 0 Å². The van der Waals surface area contributed by atoms with Crippen LogP contribution in [0.1, 0.15) is 32.8 Å². The number of nitrogens with one attached hydrogen (secondary N) is 2. The third-order valence-electron chi connectivity index (χ3n) is 2.88. The summed E-state index contributed by atoms with van der Waals surface area (Å²) in [5.74, 6) is 0.0588. The number of nitrogens with zero attached hydrogens (tertiary/aromatic N) is 1.